The summed E-state index contributed by atoms with van der Waals surface area (Å²) < 4.78 is 0. The summed E-state index contributed by atoms with van der Waals surface area (Å²) in [5, 5.41) is 2.19. The van der Waals surface area contributed by atoms with Crippen molar-refractivity contribution in [2.75, 3.05) is 0 Å². The molecule has 80 valence electrons. The number of thiophene rings is 1. The molecule has 0 N–H and O–H groups in total. The Balaban J connectivity index is 2.43. The fourth-order valence-electron chi connectivity index (χ4n) is 2.35. The van der Waals surface area contributed by atoms with Crippen molar-refractivity contribution >= 4 is 22.5 Å². The number of hydrogen-bond acceptors (Lipinski definition) is 1. The number of rotatable bonds is 4. The molecule has 1 aliphatic carbocycles. The van der Waals surface area contributed by atoms with Crippen LogP contribution in [0.4, 0.5) is 0 Å². The first-order valence-corrected chi connectivity index (χ1v) is 6.67. The Bertz CT molecular complexity index is 407. The highest BCUT2D eigenvalue weighted by molar-refractivity contribution is 7.11. The van der Waals surface area contributed by atoms with E-state index in [1.165, 1.54) is 47.3 Å². The van der Waals surface area contributed by atoms with Gasteiger partial charge in [0.05, 0.1) is 0 Å². The summed E-state index contributed by atoms with van der Waals surface area (Å²) in [5.41, 5.74) is 5.86. The average molecular weight is 218 g/mol. The summed E-state index contributed by atoms with van der Waals surface area (Å²) in [6, 6.07) is 2.26. The molecule has 1 aliphatic rings. The lowest BCUT2D eigenvalue weighted by Crippen LogP contribution is -1.85. The molecule has 15 heavy (non-hydrogen) atoms. The predicted octanol–water partition coefficient (Wildman–Crippen LogP) is 5.13. The van der Waals surface area contributed by atoms with Crippen LogP contribution in [0, 0.1) is 0 Å². The van der Waals surface area contributed by atoms with Crippen molar-refractivity contribution in [1.29, 1.82) is 0 Å². The summed E-state index contributed by atoms with van der Waals surface area (Å²) in [6.07, 6.45) is 4.84. The van der Waals surface area contributed by atoms with E-state index in [9.17, 15) is 0 Å². The van der Waals surface area contributed by atoms with Crippen LogP contribution in [0.2, 0.25) is 0 Å². The molecule has 2 rings (SSSR count). The molecule has 1 aromatic heterocycles. The first-order valence-electron chi connectivity index (χ1n) is 5.79. The molecule has 1 heteroatoms. The van der Waals surface area contributed by atoms with E-state index in [-0.39, 0.29) is 0 Å². The SMILES string of the molecule is C=C1C(CCC)=C(CCC)c2ccsc21. The van der Waals surface area contributed by atoms with Crippen LogP contribution in [0.3, 0.4) is 0 Å². The van der Waals surface area contributed by atoms with Gasteiger partial charge in [0.1, 0.15) is 0 Å². The van der Waals surface area contributed by atoms with Gasteiger partial charge in [-0.2, -0.15) is 0 Å². The fraction of sp³-hybridized carbons (Fsp3) is 0.429. The highest BCUT2D eigenvalue weighted by atomic mass is 32.1. The van der Waals surface area contributed by atoms with Gasteiger partial charge in [0, 0.05) is 4.88 Å². The number of hydrogen-bond donors (Lipinski definition) is 0. The maximum absolute atomic E-state index is 4.25. The molecule has 0 amide bonds. The van der Waals surface area contributed by atoms with Crippen LogP contribution >= 0.6 is 11.3 Å². The summed E-state index contributed by atoms with van der Waals surface area (Å²) in [7, 11) is 0. The van der Waals surface area contributed by atoms with Crippen molar-refractivity contribution in [3.8, 4) is 0 Å². The lowest BCUT2D eigenvalue weighted by molar-refractivity contribution is 0.915. The quantitative estimate of drug-likeness (QED) is 0.657. The molecule has 0 radical (unpaired) electrons. The average Bonchev–Trinajstić information content (AvgIpc) is 2.77. The smallest absolute Gasteiger partial charge is 0.0414 e. The van der Waals surface area contributed by atoms with Gasteiger partial charge in [-0.05, 0) is 46.6 Å². The minimum absolute atomic E-state index is 1.19. The van der Waals surface area contributed by atoms with E-state index in [4.69, 9.17) is 0 Å². The van der Waals surface area contributed by atoms with Crippen molar-refractivity contribution in [2.45, 2.75) is 39.5 Å². The fourth-order valence-corrected chi connectivity index (χ4v) is 3.27. The van der Waals surface area contributed by atoms with Crippen molar-refractivity contribution in [1.82, 2.24) is 0 Å². The molecule has 0 unspecified atom stereocenters. The molecule has 0 bridgehead atoms. The van der Waals surface area contributed by atoms with Crippen LogP contribution < -0.4 is 0 Å². The summed E-state index contributed by atoms with van der Waals surface area (Å²) in [6.45, 7) is 8.75. The standard InChI is InChI=1S/C14H18S/c1-4-6-11-10(3)14-13(8-9-15-14)12(11)7-5-2/h8-9H,3-7H2,1-2H3. The summed E-state index contributed by atoms with van der Waals surface area (Å²) in [4.78, 5) is 1.42. The molecule has 0 aromatic carbocycles. The normalized spacial score (nSPS) is 14.9. The topological polar surface area (TPSA) is 0 Å². The minimum Gasteiger partial charge on any atom is -0.143 e. The third kappa shape index (κ3) is 1.69. The van der Waals surface area contributed by atoms with Crippen LogP contribution in [0.5, 0.6) is 0 Å². The van der Waals surface area contributed by atoms with Crippen LogP contribution in [-0.4, -0.2) is 0 Å². The van der Waals surface area contributed by atoms with Crippen LogP contribution in [0.15, 0.2) is 23.6 Å². The maximum atomic E-state index is 4.25. The van der Waals surface area contributed by atoms with Crippen LogP contribution in [0.25, 0.3) is 11.1 Å². The van der Waals surface area contributed by atoms with Crippen molar-refractivity contribution < 1.29 is 0 Å². The molecule has 1 heterocycles. The Morgan fingerprint density at radius 3 is 2.47 bits per heavy atom. The van der Waals surface area contributed by atoms with Crippen molar-refractivity contribution in [3.63, 3.8) is 0 Å². The van der Waals surface area contributed by atoms with E-state index in [1.807, 2.05) is 11.3 Å². The Morgan fingerprint density at radius 1 is 1.13 bits per heavy atom. The van der Waals surface area contributed by atoms with Crippen LogP contribution in [-0.2, 0) is 0 Å². The van der Waals surface area contributed by atoms with Crippen molar-refractivity contribution in [2.24, 2.45) is 0 Å². The molecule has 0 atom stereocenters. The van der Waals surface area contributed by atoms with Gasteiger partial charge in [0.2, 0.25) is 0 Å². The Labute approximate surface area is 96.3 Å². The monoisotopic (exact) mass is 218 g/mol. The summed E-state index contributed by atoms with van der Waals surface area (Å²) in [5.74, 6) is 0. The number of allylic oxidation sites excluding steroid dienone is 3. The van der Waals surface area contributed by atoms with Gasteiger partial charge >= 0.3 is 0 Å². The Morgan fingerprint density at radius 2 is 1.80 bits per heavy atom. The Kier molecular flexibility index (Phi) is 3.11. The second kappa shape index (κ2) is 4.36. The zero-order valence-electron chi connectivity index (χ0n) is 9.60. The molecular weight excluding hydrogens is 200 g/mol. The molecular formula is C14H18S. The summed E-state index contributed by atoms with van der Waals surface area (Å²) >= 11 is 1.84. The Hall–Kier alpha value is -0.820. The molecule has 0 nitrogen and oxygen atoms in total. The van der Waals surface area contributed by atoms with E-state index >= 15 is 0 Å². The minimum atomic E-state index is 1.19. The first kappa shape index (κ1) is 10.7. The molecule has 0 spiro atoms. The van der Waals surface area contributed by atoms with Gasteiger partial charge in [-0.3, -0.25) is 0 Å². The van der Waals surface area contributed by atoms with Gasteiger partial charge in [0.25, 0.3) is 0 Å². The van der Waals surface area contributed by atoms with E-state index in [1.54, 1.807) is 5.57 Å². The highest BCUT2D eigenvalue weighted by Crippen LogP contribution is 2.46. The van der Waals surface area contributed by atoms with E-state index < -0.39 is 0 Å². The van der Waals surface area contributed by atoms with Gasteiger partial charge in [-0.15, -0.1) is 11.3 Å². The highest BCUT2D eigenvalue weighted by Gasteiger charge is 2.24. The van der Waals surface area contributed by atoms with Gasteiger partial charge in [0.15, 0.2) is 0 Å². The third-order valence-electron chi connectivity index (χ3n) is 2.99. The second-order valence-electron chi connectivity index (χ2n) is 4.10. The molecule has 1 aromatic rings. The second-order valence-corrected chi connectivity index (χ2v) is 5.02. The predicted molar refractivity (Wildman–Crippen MR) is 70.1 cm³/mol. The number of fused-ring (bicyclic) bond motifs is 1. The lowest BCUT2D eigenvalue weighted by atomic mass is 9.99. The van der Waals surface area contributed by atoms with E-state index in [0.717, 1.165) is 0 Å². The van der Waals surface area contributed by atoms with Crippen LogP contribution in [0.1, 0.15) is 50.0 Å². The zero-order chi connectivity index (χ0) is 10.8. The largest absolute Gasteiger partial charge is 0.143 e. The van der Waals surface area contributed by atoms with Gasteiger partial charge in [-0.25, -0.2) is 0 Å². The third-order valence-corrected chi connectivity index (χ3v) is 3.97. The lowest BCUT2D eigenvalue weighted by Gasteiger charge is -2.06. The zero-order valence-corrected chi connectivity index (χ0v) is 10.4. The van der Waals surface area contributed by atoms with E-state index in [0.29, 0.717) is 0 Å². The van der Waals surface area contributed by atoms with Gasteiger partial charge < -0.3 is 0 Å². The maximum Gasteiger partial charge on any atom is 0.0414 e. The molecule has 0 saturated carbocycles. The molecule has 0 fully saturated rings. The molecule has 0 saturated heterocycles. The van der Waals surface area contributed by atoms with E-state index in [2.05, 4.69) is 31.9 Å². The molecule has 0 aliphatic heterocycles. The van der Waals surface area contributed by atoms with Gasteiger partial charge in [-0.1, -0.05) is 33.3 Å². The van der Waals surface area contributed by atoms with Crippen molar-refractivity contribution in [3.05, 3.63) is 34.0 Å². The first-order chi connectivity index (χ1) is 7.29.